The maximum atomic E-state index is 11.7. The highest BCUT2D eigenvalue weighted by molar-refractivity contribution is 5.71. The summed E-state index contributed by atoms with van der Waals surface area (Å²) in [6, 6.07) is 0. The first-order valence-electron chi connectivity index (χ1n) is 12.1. The number of esters is 1. The number of hydrogen-bond donors (Lipinski definition) is 1. The van der Waals surface area contributed by atoms with Gasteiger partial charge in [0.25, 0.3) is 0 Å². The lowest BCUT2D eigenvalue weighted by Crippen LogP contribution is -2.20. The number of carbonyl (C=O) groups excluding carboxylic acids is 1. The average Bonchev–Trinajstić information content (AvgIpc) is 2.74. The Balaban J connectivity index is 3.49. The predicted octanol–water partition coefficient (Wildman–Crippen LogP) is 7.71. The molecule has 0 saturated carbocycles. The first-order chi connectivity index (χ1) is 15.1. The molecule has 4 nitrogen and oxygen atoms in total. The summed E-state index contributed by atoms with van der Waals surface area (Å²) in [4.78, 5) is 22.4. The second kappa shape index (κ2) is 22.6. The zero-order valence-electron chi connectivity index (χ0n) is 19.8. The number of allylic oxidation sites excluding steroid dienone is 8. The highest BCUT2D eigenvalue weighted by atomic mass is 16.5. The van der Waals surface area contributed by atoms with Gasteiger partial charge in [0.2, 0.25) is 0 Å². The maximum Gasteiger partial charge on any atom is 0.307 e. The van der Waals surface area contributed by atoms with E-state index < -0.39 is 12.1 Å². The minimum atomic E-state index is -0.926. The lowest BCUT2D eigenvalue weighted by Gasteiger charge is -2.13. The van der Waals surface area contributed by atoms with Gasteiger partial charge >= 0.3 is 11.9 Å². The molecule has 31 heavy (non-hydrogen) atoms. The summed E-state index contributed by atoms with van der Waals surface area (Å²) in [5.74, 6) is -1.20. The number of rotatable bonds is 20. The summed E-state index contributed by atoms with van der Waals surface area (Å²) in [6.45, 7) is 3.98. The molecule has 4 heteroatoms. The molecule has 1 atom stereocenters. The van der Waals surface area contributed by atoms with Crippen molar-refractivity contribution in [2.24, 2.45) is 0 Å². The van der Waals surface area contributed by atoms with Crippen molar-refractivity contribution in [3.63, 3.8) is 0 Å². The summed E-state index contributed by atoms with van der Waals surface area (Å²) in [5.41, 5.74) is 0. The number of carboxylic acids is 1. The van der Waals surface area contributed by atoms with Crippen LogP contribution in [0, 0.1) is 0 Å². The van der Waals surface area contributed by atoms with E-state index in [2.05, 4.69) is 55.5 Å². The Hall–Kier alpha value is -2.10. The van der Waals surface area contributed by atoms with E-state index in [9.17, 15) is 9.59 Å². The fourth-order valence-electron chi connectivity index (χ4n) is 3.05. The SMILES string of the molecule is CC/C=C\C/C=C\C/C=C\C/C=C\CCCCCCCCC(=O)OC(CC)CC(=O)O. The summed E-state index contributed by atoms with van der Waals surface area (Å²) in [5, 5.41) is 8.77. The maximum absolute atomic E-state index is 11.7. The van der Waals surface area contributed by atoms with E-state index in [0.717, 1.165) is 51.4 Å². The third kappa shape index (κ3) is 22.4. The standard InChI is InChI=1S/C27H44O4/c1-3-5-6-7-8-9-10-11-12-13-14-15-16-17-18-19-20-21-22-23-27(30)31-25(4-2)24-26(28)29/h5-6,8-9,11-12,14-15,25H,3-4,7,10,13,16-24H2,1-2H3,(H,28,29)/b6-5-,9-8-,12-11-,15-14-. The van der Waals surface area contributed by atoms with E-state index in [1.807, 2.05) is 6.92 Å². The highest BCUT2D eigenvalue weighted by Crippen LogP contribution is 2.11. The molecule has 1 N–H and O–H groups in total. The van der Waals surface area contributed by atoms with Crippen LogP contribution in [-0.4, -0.2) is 23.1 Å². The molecule has 0 aliphatic heterocycles. The number of carboxylic acid groups (broad SMARTS) is 1. The topological polar surface area (TPSA) is 63.6 Å². The predicted molar refractivity (Wildman–Crippen MR) is 130 cm³/mol. The number of ether oxygens (including phenoxy) is 1. The molecule has 0 spiro atoms. The largest absolute Gasteiger partial charge is 0.481 e. The fraction of sp³-hybridized carbons (Fsp3) is 0.630. The molecule has 0 aromatic carbocycles. The van der Waals surface area contributed by atoms with Crippen LogP contribution in [0.4, 0.5) is 0 Å². The average molecular weight is 433 g/mol. The lowest BCUT2D eigenvalue weighted by molar-refractivity contribution is -0.153. The quantitative estimate of drug-likeness (QED) is 0.122. The fourth-order valence-corrected chi connectivity index (χ4v) is 3.05. The van der Waals surface area contributed by atoms with Crippen LogP contribution in [0.3, 0.4) is 0 Å². The first-order valence-corrected chi connectivity index (χ1v) is 12.1. The zero-order valence-corrected chi connectivity index (χ0v) is 19.8. The normalized spacial score (nSPS) is 13.1. The van der Waals surface area contributed by atoms with E-state index in [4.69, 9.17) is 9.84 Å². The Morgan fingerprint density at radius 3 is 1.81 bits per heavy atom. The second-order valence-corrected chi connectivity index (χ2v) is 7.78. The summed E-state index contributed by atoms with van der Waals surface area (Å²) < 4.78 is 5.21. The van der Waals surface area contributed by atoms with Gasteiger partial charge in [0.1, 0.15) is 6.10 Å². The van der Waals surface area contributed by atoms with E-state index in [0.29, 0.717) is 12.8 Å². The van der Waals surface area contributed by atoms with Crippen LogP contribution < -0.4 is 0 Å². The first kappa shape index (κ1) is 28.9. The monoisotopic (exact) mass is 432 g/mol. The van der Waals surface area contributed by atoms with Crippen molar-refractivity contribution in [3.05, 3.63) is 48.6 Å². The van der Waals surface area contributed by atoms with Crippen molar-refractivity contribution in [1.82, 2.24) is 0 Å². The molecule has 0 bridgehead atoms. The summed E-state index contributed by atoms with van der Waals surface area (Å²) >= 11 is 0. The molecular formula is C27H44O4. The van der Waals surface area contributed by atoms with Gasteiger partial charge in [-0.2, -0.15) is 0 Å². The van der Waals surface area contributed by atoms with Crippen molar-refractivity contribution in [2.75, 3.05) is 0 Å². The van der Waals surface area contributed by atoms with Crippen LogP contribution in [0.5, 0.6) is 0 Å². The third-order valence-corrected chi connectivity index (χ3v) is 4.88. The van der Waals surface area contributed by atoms with E-state index in [1.165, 1.54) is 19.3 Å². The molecule has 0 aliphatic carbocycles. The van der Waals surface area contributed by atoms with Crippen molar-refractivity contribution in [1.29, 1.82) is 0 Å². The van der Waals surface area contributed by atoms with Crippen molar-refractivity contribution in [2.45, 2.75) is 110 Å². The molecule has 0 heterocycles. The highest BCUT2D eigenvalue weighted by Gasteiger charge is 2.15. The van der Waals surface area contributed by atoms with Crippen molar-refractivity contribution < 1.29 is 19.4 Å². The minimum Gasteiger partial charge on any atom is -0.481 e. The molecule has 0 fully saturated rings. The van der Waals surface area contributed by atoms with Gasteiger partial charge in [0.15, 0.2) is 0 Å². The third-order valence-electron chi connectivity index (χ3n) is 4.88. The molecule has 0 radical (unpaired) electrons. The Morgan fingerprint density at radius 1 is 0.742 bits per heavy atom. The van der Waals surface area contributed by atoms with E-state index in [-0.39, 0.29) is 12.4 Å². The van der Waals surface area contributed by atoms with Gasteiger partial charge in [0, 0.05) is 6.42 Å². The van der Waals surface area contributed by atoms with Crippen LogP contribution in [0.25, 0.3) is 0 Å². The van der Waals surface area contributed by atoms with E-state index >= 15 is 0 Å². The molecule has 176 valence electrons. The molecule has 0 aromatic heterocycles. The lowest BCUT2D eigenvalue weighted by atomic mass is 10.1. The van der Waals surface area contributed by atoms with Crippen LogP contribution >= 0.6 is 0 Å². The molecule has 0 aromatic rings. The van der Waals surface area contributed by atoms with Crippen LogP contribution in [0.1, 0.15) is 104 Å². The molecule has 1 unspecified atom stereocenters. The number of aliphatic carboxylic acids is 1. The van der Waals surface area contributed by atoms with Crippen LogP contribution in [0.2, 0.25) is 0 Å². The Morgan fingerprint density at radius 2 is 1.26 bits per heavy atom. The zero-order chi connectivity index (χ0) is 23.0. The van der Waals surface area contributed by atoms with Gasteiger partial charge < -0.3 is 9.84 Å². The van der Waals surface area contributed by atoms with Crippen molar-refractivity contribution in [3.8, 4) is 0 Å². The van der Waals surface area contributed by atoms with Gasteiger partial charge in [-0.25, -0.2) is 0 Å². The van der Waals surface area contributed by atoms with Crippen LogP contribution in [0.15, 0.2) is 48.6 Å². The van der Waals surface area contributed by atoms with Crippen LogP contribution in [-0.2, 0) is 14.3 Å². The Labute approximate surface area is 190 Å². The van der Waals surface area contributed by atoms with Crippen molar-refractivity contribution >= 4 is 11.9 Å². The van der Waals surface area contributed by atoms with Gasteiger partial charge in [-0.3, -0.25) is 9.59 Å². The molecular weight excluding hydrogens is 388 g/mol. The number of carbonyl (C=O) groups is 2. The molecule has 0 saturated heterocycles. The number of hydrogen-bond acceptors (Lipinski definition) is 3. The second-order valence-electron chi connectivity index (χ2n) is 7.78. The number of unbranched alkanes of at least 4 members (excludes halogenated alkanes) is 6. The van der Waals surface area contributed by atoms with Gasteiger partial charge in [-0.1, -0.05) is 88.1 Å². The Bertz CT molecular complexity index is 558. The van der Waals surface area contributed by atoms with Gasteiger partial charge in [0.05, 0.1) is 6.42 Å². The summed E-state index contributed by atoms with van der Waals surface area (Å²) in [7, 11) is 0. The van der Waals surface area contributed by atoms with Gasteiger partial charge in [-0.05, 0) is 51.4 Å². The molecule has 0 rings (SSSR count). The minimum absolute atomic E-state index is 0.110. The molecule has 0 amide bonds. The smallest absolute Gasteiger partial charge is 0.307 e. The molecule has 0 aliphatic rings. The summed E-state index contributed by atoms with van der Waals surface area (Å²) in [6.07, 6.45) is 30.0. The van der Waals surface area contributed by atoms with Gasteiger partial charge in [-0.15, -0.1) is 0 Å². The van der Waals surface area contributed by atoms with E-state index in [1.54, 1.807) is 0 Å². The Kier molecular flexibility index (Phi) is 21.1.